The van der Waals surface area contributed by atoms with Crippen molar-refractivity contribution in [2.24, 2.45) is 0 Å². The quantitative estimate of drug-likeness (QED) is 0.807. The number of carboxylic acids is 1. The van der Waals surface area contributed by atoms with Crippen LogP contribution >= 0.6 is 0 Å². The molecular formula is C9H9F2NO3. The number of pyridine rings is 1. The molecule has 0 amide bonds. The largest absolute Gasteiger partial charge is 0.506 e. The van der Waals surface area contributed by atoms with Crippen LogP contribution in [0.5, 0.6) is 5.75 Å². The number of aliphatic carboxylic acids is 1. The van der Waals surface area contributed by atoms with Gasteiger partial charge >= 0.3 is 5.97 Å². The maximum atomic E-state index is 12.3. The number of aromatic hydroxyl groups is 1. The summed E-state index contributed by atoms with van der Waals surface area (Å²) in [5.74, 6) is -1.78. The van der Waals surface area contributed by atoms with E-state index in [1.54, 1.807) is 0 Å². The van der Waals surface area contributed by atoms with Crippen LogP contribution in [0.1, 0.15) is 23.4 Å². The lowest BCUT2D eigenvalue weighted by atomic mass is 10.1. The molecule has 0 atom stereocenters. The number of halogens is 2. The predicted molar refractivity (Wildman–Crippen MR) is 46.9 cm³/mol. The molecule has 1 heterocycles. The van der Waals surface area contributed by atoms with E-state index in [1.165, 1.54) is 6.92 Å². The van der Waals surface area contributed by atoms with E-state index in [1.807, 2.05) is 0 Å². The van der Waals surface area contributed by atoms with Crippen LogP contribution in [-0.4, -0.2) is 21.2 Å². The van der Waals surface area contributed by atoms with Crippen LogP contribution in [-0.2, 0) is 11.2 Å². The minimum atomic E-state index is -2.87. The number of carbonyl (C=O) groups is 1. The Bertz CT molecular complexity index is 393. The van der Waals surface area contributed by atoms with Crippen molar-refractivity contribution in [1.82, 2.24) is 4.98 Å². The monoisotopic (exact) mass is 217 g/mol. The van der Waals surface area contributed by atoms with Gasteiger partial charge in [0.1, 0.15) is 11.4 Å². The summed E-state index contributed by atoms with van der Waals surface area (Å²) in [6, 6.07) is 1.01. The number of carboxylic acid groups (broad SMARTS) is 1. The van der Waals surface area contributed by atoms with Gasteiger partial charge in [-0.05, 0) is 18.6 Å². The number of hydrogen-bond acceptors (Lipinski definition) is 3. The predicted octanol–water partition coefficient (Wildman–Crippen LogP) is 1.66. The van der Waals surface area contributed by atoms with Gasteiger partial charge in [-0.3, -0.25) is 4.79 Å². The number of hydrogen-bond donors (Lipinski definition) is 2. The van der Waals surface area contributed by atoms with E-state index in [9.17, 15) is 13.6 Å². The van der Waals surface area contributed by atoms with E-state index in [-0.39, 0.29) is 17.7 Å². The van der Waals surface area contributed by atoms with Crippen LogP contribution in [0.3, 0.4) is 0 Å². The average Bonchev–Trinajstić information content (AvgIpc) is 2.09. The Kier molecular flexibility index (Phi) is 3.18. The summed E-state index contributed by atoms with van der Waals surface area (Å²) in [5.41, 5.74) is -0.309. The van der Waals surface area contributed by atoms with Gasteiger partial charge in [0.05, 0.1) is 6.42 Å². The van der Waals surface area contributed by atoms with Crippen molar-refractivity contribution in [1.29, 1.82) is 0 Å². The van der Waals surface area contributed by atoms with Gasteiger partial charge in [-0.15, -0.1) is 0 Å². The fourth-order valence-corrected chi connectivity index (χ4v) is 1.16. The molecule has 0 saturated heterocycles. The summed E-state index contributed by atoms with van der Waals surface area (Å²) in [7, 11) is 0. The van der Waals surface area contributed by atoms with E-state index in [4.69, 9.17) is 10.2 Å². The number of aryl methyl sites for hydroxylation is 1. The van der Waals surface area contributed by atoms with Crippen LogP contribution < -0.4 is 0 Å². The Morgan fingerprint density at radius 1 is 1.60 bits per heavy atom. The van der Waals surface area contributed by atoms with Crippen LogP contribution in [0.25, 0.3) is 0 Å². The molecule has 0 aliphatic carbocycles. The highest BCUT2D eigenvalue weighted by molar-refractivity contribution is 5.70. The lowest BCUT2D eigenvalue weighted by Gasteiger charge is -2.07. The smallest absolute Gasteiger partial charge is 0.307 e. The molecule has 4 nitrogen and oxygen atoms in total. The van der Waals surface area contributed by atoms with Crippen molar-refractivity contribution in [3.05, 3.63) is 23.0 Å². The van der Waals surface area contributed by atoms with Gasteiger partial charge in [0.25, 0.3) is 6.43 Å². The number of rotatable bonds is 3. The molecule has 1 aromatic rings. The lowest BCUT2D eigenvalue weighted by Crippen LogP contribution is -2.05. The molecule has 0 saturated carbocycles. The molecule has 2 N–H and O–H groups in total. The second kappa shape index (κ2) is 4.20. The molecule has 82 valence electrons. The molecule has 6 heteroatoms. The molecule has 0 unspecified atom stereocenters. The van der Waals surface area contributed by atoms with Crippen LogP contribution in [0.4, 0.5) is 8.78 Å². The first kappa shape index (κ1) is 11.4. The first-order valence-corrected chi connectivity index (χ1v) is 4.11. The average molecular weight is 217 g/mol. The van der Waals surface area contributed by atoms with E-state index >= 15 is 0 Å². The minimum Gasteiger partial charge on any atom is -0.506 e. The van der Waals surface area contributed by atoms with Crippen molar-refractivity contribution < 1.29 is 23.8 Å². The van der Waals surface area contributed by atoms with E-state index in [2.05, 4.69) is 4.98 Å². The Morgan fingerprint density at radius 2 is 2.20 bits per heavy atom. The van der Waals surface area contributed by atoms with Gasteiger partial charge in [-0.1, -0.05) is 0 Å². The Labute approximate surface area is 84.2 Å². The van der Waals surface area contributed by atoms with E-state index in [0.29, 0.717) is 0 Å². The molecule has 0 bridgehead atoms. The number of aromatic nitrogens is 1. The summed E-state index contributed by atoms with van der Waals surface area (Å²) < 4.78 is 24.5. The summed E-state index contributed by atoms with van der Waals surface area (Å²) in [4.78, 5) is 13.9. The van der Waals surface area contributed by atoms with Gasteiger partial charge in [0, 0.05) is 5.69 Å². The van der Waals surface area contributed by atoms with Crippen LogP contribution in [0, 0.1) is 6.92 Å². The number of alkyl halides is 2. The zero-order chi connectivity index (χ0) is 11.6. The maximum absolute atomic E-state index is 12.3. The van der Waals surface area contributed by atoms with Crippen molar-refractivity contribution >= 4 is 5.97 Å². The second-order valence-electron chi connectivity index (χ2n) is 3.01. The minimum absolute atomic E-state index is 0.186. The molecule has 0 aliphatic heterocycles. The molecule has 0 spiro atoms. The molecule has 1 aromatic heterocycles. The third-order valence-corrected chi connectivity index (χ3v) is 1.87. The van der Waals surface area contributed by atoms with Crippen molar-refractivity contribution in [3.8, 4) is 5.75 Å². The van der Waals surface area contributed by atoms with Crippen LogP contribution in [0.2, 0.25) is 0 Å². The fraction of sp³-hybridized carbons (Fsp3) is 0.333. The Balaban J connectivity index is 3.13. The zero-order valence-electron chi connectivity index (χ0n) is 7.87. The fourth-order valence-electron chi connectivity index (χ4n) is 1.16. The first-order valence-electron chi connectivity index (χ1n) is 4.11. The molecule has 15 heavy (non-hydrogen) atoms. The third-order valence-electron chi connectivity index (χ3n) is 1.87. The van der Waals surface area contributed by atoms with Crippen molar-refractivity contribution in [2.75, 3.05) is 0 Å². The highest BCUT2D eigenvalue weighted by atomic mass is 19.3. The lowest BCUT2D eigenvalue weighted by molar-refractivity contribution is -0.136. The van der Waals surface area contributed by atoms with Crippen molar-refractivity contribution in [2.45, 2.75) is 19.8 Å². The van der Waals surface area contributed by atoms with Gasteiger partial charge in [0.15, 0.2) is 0 Å². The first-order chi connectivity index (χ1) is 6.91. The normalized spacial score (nSPS) is 10.7. The molecule has 0 aromatic carbocycles. The van der Waals surface area contributed by atoms with Crippen molar-refractivity contribution in [3.63, 3.8) is 0 Å². The highest BCUT2D eigenvalue weighted by Gasteiger charge is 2.17. The Morgan fingerprint density at radius 3 is 2.67 bits per heavy atom. The molecule has 0 fully saturated rings. The molecule has 0 radical (unpaired) electrons. The summed E-state index contributed by atoms with van der Waals surface area (Å²) in [5, 5.41) is 17.7. The summed E-state index contributed by atoms with van der Waals surface area (Å²) >= 11 is 0. The summed E-state index contributed by atoms with van der Waals surface area (Å²) in [6.45, 7) is 1.42. The van der Waals surface area contributed by atoms with Gasteiger partial charge in [-0.2, -0.15) is 0 Å². The third kappa shape index (κ3) is 2.61. The number of nitrogens with zero attached hydrogens (tertiary/aromatic N) is 1. The molecule has 1 rings (SSSR count). The standard InChI is InChI=1S/C9H9F2NO3/c1-4-5(3-7(14)15)2-6(13)8(12-4)9(10)11/h2,9,13H,3H2,1H3,(H,14,15). The Hall–Kier alpha value is -1.72. The zero-order valence-corrected chi connectivity index (χ0v) is 7.87. The van der Waals surface area contributed by atoms with Gasteiger partial charge in [0.2, 0.25) is 0 Å². The SMILES string of the molecule is Cc1nc(C(F)F)c(O)cc1CC(=O)O. The van der Waals surface area contributed by atoms with Gasteiger partial charge < -0.3 is 10.2 Å². The second-order valence-corrected chi connectivity index (χ2v) is 3.01. The molecular weight excluding hydrogens is 208 g/mol. The highest BCUT2D eigenvalue weighted by Crippen LogP contribution is 2.28. The van der Waals surface area contributed by atoms with E-state index < -0.39 is 23.8 Å². The molecule has 0 aliphatic rings. The van der Waals surface area contributed by atoms with Crippen LogP contribution in [0.15, 0.2) is 6.07 Å². The van der Waals surface area contributed by atoms with E-state index in [0.717, 1.165) is 6.07 Å². The van der Waals surface area contributed by atoms with Gasteiger partial charge in [-0.25, -0.2) is 13.8 Å². The maximum Gasteiger partial charge on any atom is 0.307 e. The topological polar surface area (TPSA) is 70.4 Å². The summed E-state index contributed by atoms with van der Waals surface area (Å²) in [6.07, 6.45) is -3.22.